The number of hydrogen-bond donors (Lipinski definition) is 1. The third-order valence-corrected chi connectivity index (χ3v) is 6.22. The van der Waals surface area contributed by atoms with E-state index in [1.807, 2.05) is 23.6 Å². The number of imidazole rings is 1. The Balaban J connectivity index is 1.40. The van der Waals surface area contributed by atoms with E-state index in [0.717, 1.165) is 63.5 Å². The summed E-state index contributed by atoms with van der Waals surface area (Å²) in [5.74, 6) is 0.254. The molecule has 0 spiro atoms. The van der Waals surface area contributed by atoms with Gasteiger partial charge in [0.15, 0.2) is 0 Å². The maximum atomic E-state index is 13.9. The number of fused-ring (bicyclic) bond motifs is 2. The molecule has 0 fully saturated rings. The van der Waals surface area contributed by atoms with E-state index in [1.165, 1.54) is 19.1 Å². The normalized spacial score (nSPS) is 15.0. The van der Waals surface area contributed by atoms with Gasteiger partial charge in [-0.2, -0.15) is 0 Å². The number of rotatable bonds is 5. The summed E-state index contributed by atoms with van der Waals surface area (Å²) >= 11 is 0. The van der Waals surface area contributed by atoms with E-state index in [-0.39, 0.29) is 17.9 Å². The predicted molar refractivity (Wildman–Crippen MR) is 125 cm³/mol. The van der Waals surface area contributed by atoms with Gasteiger partial charge in [-0.05, 0) is 67.6 Å². The SMILES string of the molecule is CC(=O)OC1CCc2cc(NCc3cccc(-n4c(C)nc5ccc(F)cc54)c3C)cnc21. The summed E-state index contributed by atoms with van der Waals surface area (Å²) in [5.41, 5.74) is 7.62. The number of aryl methyl sites for hydroxylation is 2. The lowest BCUT2D eigenvalue weighted by Gasteiger charge is -2.16. The molecule has 2 aromatic heterocycles. The van der Waals surface area contributed by atoms with Crippen molar-refractivity contribution in [1.29, 1.82) is 0 Å². The van der Waals surface area contributed by atoms with Crippen molar-refractivity contribution in [1.82, 2.24) is 14.5 Å². The van der Waals surface area contributed by atoms with Crippen molar-refractivity contribution in [2.45, 2.75) is 46.3 Å². The van der Waals surface area contributed by atoms with Crippen LogP contribution >= 0.6 is 0 Å². The molecule has 6 nitrogen and oxygen atoms in total. The standard InChI is InChI=1S/C26H25FN4O2/c1-15-19(13-28-21-11-18-7-10-25(33-17(3)32)26(18)29-14-21)5-4-6-23(15)31-16(2)30-22-9-8-20(27)12-24(22)31/h4-6,8-9,11-12,14,25,28H,7,10,13H2,1-3H3. The summed E-state index contributed by atoms with van der Waals surface area (Å²) < 4.78 is 21.3. The molecule has 1 aliphatic carbocycles. The topological polar surface area (TPSA) is 69.0 Å². The quantitative estimate of drug-likeness (QED) is 0.421. The van der Waals surface area contributed by atoms with Crippen LogP contribution in [-0.4, -0.2) is 20.5 Å². The molecule has 5 rings (SSSR count). The second-order valence-electron chi connectivity index (χ2n) is 8.45. The van der Waals surface area contributed by atoms with E-state index in [9.17, 15) is 9.18 Å². The highest BCUT2D eigenvalue weighted by atomic mass is 19.1. The number of esters is 1. The van der Waals surface area contributed by atoms with Gasteiger partial charge < -0.3 is 10.1 Å². The zero-order valence-electron chi connectivity index (χ0n) is 18.9. The van der Waals surface area contributed by atoms with Crippen molar-refractivity contribution in [3.63, 3.8) is 0 Å². The number of nitrogens with zero attached hydrogens (tertiary/aromatic N) is 3. The van der Waals surface area contributed by atoms with E-state index < -0.39 is 0 Å². The van der Waals surface area contributed by atoms with Gasteiger partial charge in [0.05, 0.1) is 34.3 Å². The Hall–Kier alpha value is -3.74. The highest BCUT2D eigenvalue weighted by Gasteiger charge is 2.26. The number of benzene rings is 2. The molecule has 4 aromatic rings. The smallest absolute Gasteiger partial charge is 0.303 e. The second-order valence-corrected chi connectivity index (χ2v) is 8.45. The molecule has 1 aliphatic rings. The van der Waals surface area contributed by atoms with Crippen LogP contribution < -0.4 is 5.32 Å². The first-order chi connectivity index (χ1) is 15.9. The largest absolute Gasteiger partial charge is 0.456 e. The molecule has 168 valence electrons. The average molecular weight is 445 g/mol. The summed E-state index contributed by atoms with van der Waals surface area (Å²) in [6.07, 6.45) is 3.15. The van der Waals surface area contributed by atoms with Gasteiger partial charge >= 0.3 is 5.97 Å². The van der Waals surface area contributed by atoms with E-state index >= 15 is 0 Å². The Morgan fingerprint density at radius 3 is 2.91 bits per heavy atom. The summed E-state index contributed by atoms with van der Waals surface area (Å²) in [6, 6.07) is 12.9. The number of anilines is 1. The monoisotopic (exact) mass is 444 g/mol. The van der Waals surface area contributed by atoms with Crippen molar-refractivity contribution in [2.75, 3.05) is 5.32 Å². The van der Waals surface area contributed by atoms with Crippen LogP contribution in [0.2, 0.25) is 0 Å². The number of pyridine rings is 1. The number of ether oxygens (including phenoxy) is 1. The fraction of sp³-hybridized carbons (Fsp3) is 0.269. The minimum atomic E-state index is -0.282. The molecular formula is C26H25FN4O2. The average Bonchev–Trinajstić information content (AvgIpc) is 3.32. The number of carbonyl (C=O) groups excluding carboxylic acids is 1. The van der Waals surface area contributed by atoms with Crippen molar-refractivity contribution < 1.29 is 13.9 Å². The number of carbonyl (C=O) groups is 1. The zero-order valence-corrected chi connectivity index (χ0v) is 18.9. The maximum Gasteiger partial charge on any atom is 0.303 e. The van der Waals surface area contributed by atoms with Gasteiger partial charge in [0, 0.05) is 19.5 Å². The molecule has 0 saturated heterocycles. The lowest BCUT2D eigenvalue weighted by atomic mass is 10.1. The van der Waals surface area contributed by atoms with E-state index in [1.54, 1.807) is 12.3 Å². The van der Waals surface area contributed by atoms with Crippen LogP contribution in [0, 0.1) is 19.7 Å². The van der Waals surface area contributed by atoms with Crippen molar-refractivity contribution >= 4 is 22.7 Å². The third-order valence-electron chi connectivity index (χ3n) is 6.22. The molecule has 0 bridgehead atoms. The maximum absolute atomic E-state index is 13.9. The number of aromatic nitrogens is 3. The Morgan fingerprint density at radius 2 is 2.09 bits per heavy atom. The molecule has 0 radical (unpaired) electrons. The highest BCUT2D eigenvalue weighted by molar-refractivity contribution is 5.79. The first-order valence-electron chi connectivity index (χ1n) is 11.0. The van der Waals surface area contributed by atoms with E-state index in [4.69, 9.17) is 4.74 Å². The van der Waals surface area contributed by atoms with Crippen LogP contribution in [0.15, 0.2) is 48.7 Å². The Bertz CT molecular complexity index is 1380. The molecule has 1 atom stereocenters. The number of hydrogen-bond acceptors (Lipinski definition) is 5. The van der Waals surface area contributed by atoms with Gasteiger partial charge in [0.2, 0.25) is 0 Å². The van der Waals surface area contributed by atoms with Gasteiger partial charge in [-0.15, -0.1) is 0 Å². The van der Waals surface area contributed by atoms with Crippen molar-refractivity contribution in [3.05, 3.63) is 82.7 Å². The lowest BCUT2D eigenvalue weighted by molar-refractivity contribution is -0.146. The molecule has 0 amide bonds. The molecule has 33 heavy (non-hydrogen) atoms. The molecule has 1 unspecified atom stereocenters. The Morgan fingerprint density at radius 1 is 1.24 bits per heavy atom. The van der Waals surface area contributed by atoms with Crippen molar-refractivity contribution in [3.8, 4) is 5.69 Å². The fourth-order valence-corrected chi connectivity index (χ4v) is 4.62. The summed E-state index contributed by atoms with van der Waals surface area (Å²) in [7, 11) is 0. The molecule has 2 aromatic carbocycles. The summed E-state index contributed by atoms with van der Waals surface area (Å²) in [4.78, 5) is 20.5. The van der Waals surface area contributed by atoms with Crippen LogP contribution in [0.4, 0.5) is 10.1 Å². The fourth-order valence-electron chi connectivity index (χ4n) is 4.62. The Labute approximate surface area is 191 Å². The molecule has 0 saturated carbocycles. The lowest BCUT2D eigenvalue weighted by Crippen LogP contribution is -2.08. The highest BCUT2D eigenvalue weighted by Crippen LogP contribution is 2.34. The van der Waals surface area contributed by atoms with E-state index in [2.05, 4.69) is 34.3 Å². The predicted octanol–water partition coefficient (Wildman–Crippen LogP) is 5.34. The second kappa shape index (κ2) is 8.31. The minimum Gasteiger partial charge on any atom is -0.456 e. The van der Waals surface area contributed by atoms with Gasteiger partial charge in [-0.25, -0.2) is 9.37 Å². The Kier molecular flexibility index (Phi) is 5.32. The van der Waals surface area contributed by atoms with Gasteiger partial charge in [-0.1, -0.05) is 12.1 Å². The molecule has 2 heterocycles. The van der Waals surface area contributed by atoms with Crippen LogP contribution in [-0.2, 0) is 22.5 Å². The van der Waals surface area contributed by atoms with Crippen LogP contribution in [0.3, 0.4) is 0 Å². The molecule has 7 heteroatoms. The zero-order chi connectivity index (χ0) is 23.1. The summed E-state index contributed by atoms with van der Waals surface area (Å²) in [5, 5.41) is 3.47. The molecular weight excluding hydrogens is 419 g/mol. The third kappa shape index (κ3) is 3.95. The van der Waals surface area contributed by atoms with Gasteiger partial charge in [-0.3, -0.25) is 14.3 Å². The summed E-state index contributed by atoms with van der Waals surface area (Å²) in [6.45, 7) is 6.05. The van der Waals surface area contributed by atoms with Gasteiger partial charge in [0.1, 0.15) is 17.7 Å². The minimum absolute atomic E-state index is 0.247. The molecule has 0 aliphatic heterocycles. The van der Waals surface area contributed by atoms with Crippen LogP contribution in [0.1, 0.15) is 47.7 Å². The van der Waals surface area contributed by atoms with Gasteiger partial charge in [0.25, 0.3) is 0 Å². The first kappa shape index (κ1) is 21.1. The van der Waals surface area contributed by atoms with E-state index in [0.29, 0.717) is 6.54 Å². The van der Waals surface area contributed by atoms with Crippen LogP contribution in [0.25, 0.3) is 16.7 Å². The molecule has 1 N–H and O–H groups in total. The van der Waals surface area contributed by atoms with Crippen LogP contribution in [0.5, 0.6) is 0 Å². The number of halogens is 1. The van der Waals surface area contributed by atoms with Crippen molar-refractivity contribution in [2.24, 2.45) is 0 Å². The number of nitrogens with one attached hydrogen (secondary N) is 1. The first-order valence-corrected chi connectivity index (χ1v) is 11.0.